The Labute approximate surface area is 127 Å². The maximum absolute atomic E-state index is 12.4. The Bertz CT molecular complexity index is 523. The molecule has 1 N–H and O–H groups in total. The molecule has 4 nitrogen and oxygen atoms in total. The van der Waals surface area contributed by atoms with Gasteiger partial charge in [-0.25, -0.2) is 0 Å². The van der Waals surface area contributed by atoms with E-state index in [9.17, 15) is 9.59 Å². The first kappa shape index (κ1) is 15.0. The Morgan fingerprint density at radius 2 is 1.95 bits per heavy atom. The minimum atomic E-state index is -0.00255. The van der Waals surface area contributed by atoms with Gasteiger partial charge in [-0.1, -0.05) is 22.0 Å². The number of hydrogen-bond donors (Lipinski definition) is 1. The van der Waals surface area contributed by atoms with Crippen molar-refractivity contribution in [3.05, 3.63) is 33.8 Å². The van der Waals surface area contributed by atoms with Crippen LogP contribution in [-0.2, 0) is 4.79 Å². The number of piperidine rings is 1. The summed E-state index contributed by atoms with van der Waals surface area (Å²) in [7, 11) is 0. The van der Waals surface area contributed by atoms with Crippen molar-refractivity contribution in [2.75, 3.05) is 13.1 Å². The molecule has 5 heteroatoms. The van der Waals surface area contributed by atoms with Crippen LogP contribution in [0.3, 0.4) is 0 Å². The van der Waals surface area contributed by atoms with Crippen LogP contribution in [-0.4, -0.2) is 35.8 Å². The number of halogens is 1. The minimum Gasteiger partial charge on any atom is -0.353 e. The van der Waals surface area contributed by atoms with Crippen LogP contribution >= 0.6 is 15.9 Å². The summed E-state index contributed by atoms with van der Waals surface area (Å²) in [6.07, 6.45) is 1.64. The number of nitrogens with zero attached hydrogens (tertiary/aromatic N) is 1. The maximum Gasteiger partial charge on any atom is 0.253 e. The molecule has 108 valence electrons. The van der Waals surface area contributed by atoms with Gasteiger partial charge in [-0.3, -0.25) is 9.59 Å². The zero-order valence-corrected chi connectivity index (χ0v) is 13.4. The molecule has 1 aromatic carbocycles. The molecule has 0 bridgehead atoms. The van der Waals surface area contributed by atoms with Crippen molar-refractivity contribution in [2.24, 2.45) is 0 Å². The zero-order valence-electron chi connectivity index (χ0n) is 11.8. The topological polar surface area (TPSA) is 49.4 Å². The van der Waals surface area contributed by atoms with Crippen LogP contribution in [0.4, 0.5) is 0 Å². The van der Waals surface area contributed by atoms with E-state index in [0.29, 0.717) is 18.7 Å². The van der Waals surface area contributed by atoms with E-state index < -0.39 is 0 Å². The largest absolute Gasteiger partial charge is 0.353 e. The van der Waals surface area contributed by atoms with Crippen molar-refractivity contribution in [3.8, 4) is 0 Å². The molecule has 20 heavy (non-hydrogen) atoms. The monoisotopic (exact) mass is 338 g/mol. The second-order valence-corrected chi connectivity index (χ2v) is 6.09. The number of carbonyl (C=O) groups is 2. The number of nitrogens with one attached hydrogen (secondary N) is 1. The van der Waals surface area contributed by atoms with Gasteiger partial charge in [0.1, 0.15) is 0 Å². The Morgan fingerprint density at radius 1 is 1.30 bits per heavy atom. The fraction of sp³-hybridized carbons (Fsp3) is 0.467. The Balaban J connectivity index is 1.97. The third-order valence-electron chi connectivity index (χ3n) is 3.61. The molecular weight excluding hydrogens is 320 g/mol. The van der Waals surface area contributed by atoms with Gasteiger partial charge in [-0.2, -0.15) is 0 Å². The Morgan fingerprint density at radius 3 is 2.50 bits per heavy atom. The van der Waals surface area contributed by atoms with E-state index in [1.54, 1.807) is 0 Å². The number of amides is 2. The van der Waals surface area contributed by atoms with Gasteiger partial charge in [-0.05, 0) is 37.5 Å². The molecule has 0 atom stereocenters. The number of benzene rings is 1. The van der Waals surface area contributed by atoms with Gasteiger partial charge in [0.2, 0.25) is 5.91 Å². The van der Waals surface area contributed by atoms with E-state index in [1.165, 1.54) is 6.92 Å². The minimum absolute atomic E-state index is 0.00255. The van der Waals surface area contributed by atoms with Crippen molar-refractivity contribution in [1.82, 2.24) is 10.2 Å². The lowest BCUT2D eigenvalue weighted by Gasteiger charge is -2.32. The van der Waals surface area contributed by atoms with Gasteiger partial charge in [0, 0.05) is 36.1 Å². The van der Waals surface area contributed by atoms with E-state index in [-0.39, 0.29) is 17.9 Å². The van der Waals surface area contributed by atoms with Gasteiger partial charge in [-0.15, -0.1) is 0 Å². The molecule has 0 radical (unpaired) electrons. The molecule has 0 spiro atoms. The Hall–Kier alpha value is -1.36. The molecule has 1 heterocycles. The first-order valence-corrected chi connectivity index (χ1v) is 7.59. The van der Waals surface area contributed by atoms with Crippen molar-refractivity contribution in [2.45, 2.75) is 32.7 Å². The quantitative estimate of drug-likeness (QED) is 0.900. The molecule has 1 aliphatic heterocycles. The molecular formula is C15H19BrN2O2. The van der Waals surface area contributed by atoms with Crippen LogP contribution in [0.15, 0.2) is 22.7 Å². The van der Waals surface area contributed by atoms with Crippen molar-refractivity contribution in [1.29, 1.82) is 0 Å². The fourth-order valence-electron chi connectivity index (χ4n) is 2.42. The van der Waals surface area contributed by atoms with Crippen LogP contribution in [0.2, 0.25) is 0 Å². The molecule has 0 saturated carbocycles. The molecule has 1 fully saturated rings. The first-order chi connectivity index (χ1) is 9.47. The summed E-state index contributed by atoms with van der Waals surface area (Å²) in [5, 5.41) is 2.91. The number of rotatable bonds is 2. The highest BCUT2D eigenvalue weighted by Gasteiger charge is 2.24. The predicted molar refractivity (Wildman–Crippen MR) is 81.6 cm³/mol. The second-order valence-electron chi connectivity index (χ2n) is 5.23. The highest BCUT2D eigenvalue weighted by molar-refractivity contribution is 9.10. The van der Waals surface area contributed by atoms with E-state index in [1.807, 2.05) is 30.0 Å². The number of aryl methyl sites for hydroxylation is 1. The molecule has 1 aromatic rings. The van der Waals surface area contributed by atoms with Crippen molar-refractivity contribution in [3.63, 3.8) is 0 Å². The molecule has 2 rings (SSSR count). The molecule has 0 aliphatic carbocycles. The third-order valence-corrected chi connectivity index (χ3v) is 4.46. The number of likely N-dealkylation sites (tertiary alicyclic amines) is 1. The molecule has 0 unspecified atom stereocenters. The SMILES string of the molecule is CC(=O)NC1CCN(C(=O)c2ccc(C)c(Br)c2)CC1. The average molecular weight is 339 g/mol. The molecule has 0 aromatic heterocycles. The summed E-state index contributed by atoms with van der Waals surface area (Å²) in [6.45, 7) is 4.91. The first-order valence-electron chi connectivity index (χ1n) is 6.80. The maximum atomic E-state index is 12.4. The van der Waals surface area contributed by atoms with E-state index >= 15 is 0 Å². The van der Waals surface area contributed by atoms with Crippen LogP contribution in [0.25, 0.3) is 0 Å². The normalized spacial score (nSPS) is 16.1. The summed E-state index contributed by atoms with van der Waals surface area (Å²) in [6, 6.07) is 5.88. The van der Waals surface area contributed by atoms with Gasteiger partial charge >= 0.3 is 0 Å². The molecule has 1 aliphatic rings. The second kappa shape index (κ2) is 6.39. The number of hydrogen-bond acceptors (Lipinski definition) is 2. The smallest absolute Gasteiger partial charge is 0.253 e. The predicted octanol–water partition coefficient (Wildman–Crippen LogP) is 2.50. The van der Waals surface area contributed by atoms with Crippen LogP contribution in [0, 0.1) is 6.92 Å². The lowest BCUT2D eigenvalue weighted by Crippen LogP contribution is -2.46. The summed E-state index contributed by atoms with van der Waals surface area (Å²) in [5.74, 6) is 0.0595. The average Bonchev–Trinajstić information content (AvgIpc) is 2.41. The van der Waals surface area contributed by atoms with Crippen LogP contribution in [0.1, 0.15) is 35.7 Å². The van der Waals surface area contributed by atoms with Crippen LogP contribution < -0.4 is 5.32 Å². The molecule has 2 amide bonds. The summed E-state index contributed by atoms with van der Waals surface area (Å²) in [4.78, 5) is 25.3. The highest BCUT2D eigenvalue weighted by Crippen LogP contribution is 2.20. The van der Waals surface area contributed by atoms with E-state index in [4.69, 9.17) is 0 Å². The van der Waals surface area contributed by atoms with Crippen LogP contribution in [0.5, 0.6) is 0 Å². The summed E-state index contributed by atoms with van der Waals surface area (Å²) < 4.78 is 0.955. The summed E-state index contributed by atoms with van der Waals surface area (Å²) >= 11 is 3.46. The van der Waals surface area contributed by atoms with Gasteiger partial charge in [0.05, 0.1) is 0 Å². The van der Waals surface area contributed by atoms with Gasteiger partial charge < -0.3 is 10.2 Å². The lowest BCUT2D eigenvalue weighted by molar-refractivity contribution is -0.119. The Kier molecular flexibility index (Phi) is 4.81. The van der Waals surface area contributed by atoms with Gasteiger partial charge in [0.25, 0.3) is 5.91 Å². The number of carbonyl (C=O) groups excluding carboxylic acids is 2. The summed E-state index contributed by atoms with van der Waals surface area (Å²) in [5.41, 5.74) is 1.83. The van der Waals surface area contributed by atoms with Gasteiger partial charge in [0.15, 0.2) is 0 Å². The third kappa shape index (κ3) is 3.60. The lowest BCUT2D eigenvalue weighted by atomic mass is 10.0. The van der Waals surface area contributed by atoms with Crippen molar-refractivity contribution < 1.29 is 9.59 Å². The van der Waals surface area contributed by atoms with Crippen molar-refractivity contribution >= 4 is 27.7 Å². The fourth-order valence-corrected chi connectivity index (χ4v) is 2.80. The standard InChI is InChI=1S/C15H19BrN2O2/c1-10-3-4-12(9-14(10)16)15(20)18-7-5-13(6-8-18)17-11(2)19/h3-4,9,13H,5-8H2,1-2H3,(H,17,19). The highest BCUT2D eigenvalue weighted by atomic mass is 79.9. The van der Waals surface area contributed by atoms with E-state index in [0.717, 1.165) is 22.9 Å². The molecule has 1 saturated heterocycles. The van der Waals surface area contributed by atoms with E-state index in [2.05, 4.69) is 21.2 Å². The zero-order chi connectivity index (χ0) is 14.7.